The van der Waals surface area contributed by atoms with E-state index in [1.807, 2.05) is 41.8 Å². The van der Waals surface area contributed by atoms with Crippen molar-refractivity contribution in [3.8, 4) is 0 Å². The van der Waals surface area contributed by atoms with Crippen LogP contribution in [0.1, 0.15) is 47.9 Å². The Labute approximate surface area is 154 Å². The average Bonchev–Trinajstić information content (AvgIpc) is 3.10. The van der Waals surface area contributed by atoms with Crippen LogP contribution >= 0.6 is 11.3 Å². The van der Waals surface area contributed by atoms with Gasteiger partial charge in [0, 0.05) is 22.0 Å². The van der Waals surface area contributed by atoms with Gasteiger partial charge in [0.15, 0.2) is 0 Å². The molecule has 0 saturated carbocycles. The first-order chi connectivity index (χ1) is 12.2. The van der Waals surface area contributed by atoms with Crippen LogP contribution in [-0.4, -0.2) is 12.2 Å². The van der Waals surface area contributed by atoms with E-state index >= 15 is 0 Å². The lowest BCUT2D eigenvalue weighted by Gasteiger charge is -2.02. The highest BCUT2D eigenvalue weighted by molar-refractivity contribution is 7.13. The second-order valence-corrected chi connectivity index (χ2v) is 7.05. The van der Waals surface area contributed by atoms with Crippen LogP contribution in [0.2, 0.25) is 0 Å². The molecule has 0 aliphatic rings. The van der Waals surface area contributed by atoms with Gasteiger partial charge in [-0.15, -0.1) is 11.3 Å². The van der Waals surface area contributed by atoms with Crippen molar-refractivity contribution in [3.63, 3.8) is 0 Å². The smallest absolute Gasteiger partial charge is 0.330 e. The quantitative estimate of drug-likeness (QED) is 0.232. The Balaban J connectivity index is 1.83. The zero-order chi connectivity index (χ0) is 17.9. The Morgan fingerprint density at radius 3 is 2.68 bits per heavy atom. The summed E-state index contributed by atoms with van der Waals surface area (Å²) in [5.74, 6) is -0.412. The molecule has 0 radical (unpaired) electrons. The summed E-state index contributed by atoms with van der Waals surface area (Å²) in [5, 5.41) is 0. The van der Waals surface area contributed by atoms with Crippen LogP contribution in [0.3, 0.4) is 0 Å². The fourth-order valence-electron chi connectivity index (χ4n) is 2.35. The van der Waals surface area contributed by atoms with Gasteiger partial charge < -0.3 is 4.74 Å². The zero-order valence-corrected chi connectivity index (χ0v) is 15.6. The molecule has 0 unspecified atom stereocenters. The van der Waals surface area contributed by atoms with Gasteiger partial charge >= 0.3 is 5.97 Å². The maximum absolute atomic E-state index is 11.0. The van der Waals surface area contributed by atoms with Crippen LogP contribution in [0, 0.1) is 0 Å². The van der Waals surface area contributed by atoms with Gasteiger partial charge in [-0.1, -0.05) is 44.9 Å². The predicted molar refractivity (Wildman–Crippen MR) is 106 cm³/mol. The molecule has 132 valence electrons. The first kappa shape index (κ1) is 19.1. The SMILES string of the molecule is C=CC(=O)OCc1ccc(N=Cc2ccc(CCCCCC)s2)cc1. The number of aliphatic imine (C=N–C) groups is 1. The lowest BCUT2D eigenvalue weighted by atomic mass is 10.1. The van der Waals surface area contributed by atoms with E-state index in [-0.39, 0.29) is 6.61 Å². The van der Waals surface area contributed by atoms with Crippen LogP contribution in [0.4, 0.5) is 5.69 Å². The Morgan fingerprint density at radius 1 is 1.16 bits per heavy atom. The summed E-state index contributed by atoms with van der Waals surface area (Å²) < 4.78 is 5.00. The number of unbranched alkanes of at least 4 members (excludes halogenated alkanes) is 3. The molecule has 3 nitrogen and oxygen atoms in total. The summed E-state index contributed by atoms with van der Waals surface area (Å²) in [6.45, 7) is 5.86. The molecular weight excluding hydrogens is 330 g/mol. The molecular formula is C21H25NO2S. The summed E-state index contributed by atoms with van der Waals surface area (Å²) in [6.07, 6.45) is 9.41. The highest BCUT2D eigenvalue weighted by Crippen LogP contribution is 2.19. The second kappa shape index (κ2) is 10.6. The molecule has 0 spiro atoms. The van der Waals surface area contributed by atoms with Gasteiger partial charge in [-0.25, -0.2) is 4.79 Å². The Kier molecular flexibility index (Phi) is 8.13. The zero-order valence-electron chi connectivity index (χ0n) is 14.7. The fourth-order valence-corrected chi connectivity index (χ4v) is 3.28. The van der Waals surface area contributed by atoms with E-state index in [0.717, 1.165) is 23.7 Å². The minimum atomic E-state index is -0.412. The van der Waals surface area contributed by atoms with Crippen molar-refractivity contribution in [1.29, 1.82) is 0 Å². The van der Waals surface area contributed by atoms with Gasteiger partial charge in [0.1, 0.15) is 6.61 Å². The molecule has 25 heavy (non-hydrogen) atoms. The standard InChI is InChI=1S/C21H25NO2S/c1-3-5-6-7-8-19-13-14-20(25-19)15-22-18-11-9-17(10-12-18)16-24-21(23)4-2/h4,9-15H,2-3,5-8,16H2,1H3. The Hall–Kier alpha value is -2.20. The number of hydrogen-bond donors (Lipinski definition) is 0. The van der Waals surface area contributed by atoms with Gasteiger partial charge in [-0.2, -0.15) is 0 Å². The number of carbonyl (C=O) groups is 1. The third-order valence-electron chi connectivity index (χ3n) is 3.78. The number of ether oxygens (including phenoxy) is 1. The molecule has 0 bridgehead atoms. The van der Waals surface area contributed by atoms with Crippen molar-refractivity contribution in [2.75, 3.05) is 0 Å². The van der Waals surface area contributed by atoms with Crippen molar-refractivity contribution in [2.24, 2.45) is 4.99 Å². The number of esters is 1. The summed E-state index contributed by atoms with van der Waals surface area (Å²) >= 11 is 1.81. The van der Waals surface area contributed by atoms with E-state index in [9.17, 15) is 4.79 Å². The van der Waals surface area contributed by atoms with E-state index in [2.05, 4.69) is 30.6 Å². The molecule has 0 aliphatic carbocycles. The fraction of sp³-hybridized carbons (Fsp3) is 0.333. The first-order valence-electron chi connectivity index (χ1n) is 8.72. The maximum atomic E-state index is 11.0. The predicted octanol–water partition coefficient (Wildman–Crippen LogP) is 5.85. The molecule has 1 aromatic carbocycles. The lowest BCUT2D eigenvalue weighted by molar-refractivity contribution is -0.138. The minimum Gasteiger partial charge on any atom is -0.458 e. The third kappa shape index (κ3) is 7.06. The van der Waals surface area contributed by atoms with Crippen molar-refractivity contribution in [1.82, 2.24) is 0 Å². The van der Waals surface area contributed by atoms with Gasteiger partial charge in [0.25, 0.3) is 0 Å². The molecule has 1 aromatic heterocycles. The molecule has 0 fully saturated rings. The van der Waals surface area contributed by atoms with Gasteiger partial charge in [0.2, 0.25) is 0 Å². The number of carbonyl (C=O) groups excluding carboxylic acids is 1. The molecule has 0 saturated heterocycles. The number of thiophene rings is 1. The number of aryl methyl sites for hydroxylation is 1. The van der Waals surface area contributed by atoms with Crippen LogP contribution in [0.15, 0.2) is 54.0 Å². The number of hydrogen-bond acceptors (Lipinski definition) is 4. The monoisotopic (exact) mass is 355 g/mol. The number of nitrogens with zero attached hydrogens (tertiary/aromatic N) is 1. The summed E-state index contributed by atoms with van der Waals surface area (Å²) in [4.78, 5) is 18.2. The van der Waals surface area contributed by atoms with Gasteiger partial charge in [-0.3, -0.25) is 4.99 Å². The lowest BCUT2D eigenvalue weighted by Crippen LogP contribution is -1.99. The molecule has 2 aromatic rings. The van der Waals surface area contributed by atoms with Crippen LogP contribution in [0.5, 0.6) is 0 Å². The minimum absolute atomic E-state index is 0.251. The molecule has 2 rings (SSSR count). The normalized spacial score (nSPS) is 10.9. The van der Waals surface area contributed by atoms with Crippen molar-refractivity contribution in [2.45, 2.75) is 45.6 Å². The van der Waals surface area contributed by atoms with Crippen LogP contribution in [-0.2, 0) is 22.6 Å². The Morgan fingerprint density at radius 2 is 1.96 bits per heavy atom. The molecule has 0 amide bonds. The van der Waals surface area contributed by atoms with Crippen molar-refractivity contribution in [3.05, 3.63) is 64.4 Å². The molecule has 0 atom stereocenters. The van der Waals surface area contributed by atoms with E-state index in [1.54, 1.807) is 0 Å². The highest BCUT2D eigenvalue weighted by Gasteiger charge is 2.00. The molecule has 1 heterocycles. The molecule has 0 N–H and O–H groups in total. The van der Waals surface area contributed by atoms with Gasteiger partial charge in [0.05, 0.1) is 5.69 Å². The van der Waals surface area contributed by atoms with Crippen molar-refractivity contribution >= 4 is 29.2 Å². The first-order valence-corrected chi connectivity index (χ1v) is 9.54. The third-order valence-corrected chi connectivity index (χ3v) is 4.86. The molecule has 0 aliphatic heterocycles. The summed E-state index contributed by atoms with van der Waals surface area (Å²) in [7, 11) is 0. The Bertz CT molecular complexity index is 701. The van der Waals surface area contributed by atoms with E-state index in [4.69, 9.17) is 4.74 Å². The number of benzene rings is 1. The second-order valence-electron chi connectivity index (χ2n) is 5.85. The average molecular weight is 356 g/mol. The van der Waals surface area contributed by atoms with Crippen LogP contribution in [0.25, 0.3) is 0 Å². The van der Waals surface area contributed by atoms with E-state index in [1.165, 1.54) is 35.4 Å². The van der Waals surface area contributed by atoms with Crippen LogP contribution < -0.4 is 0 Å². The summed E-state index contributed by atoms with van der Waals surface area (Å²) in [6, 6.07) is 12.0. The summed E-state index contributed by atoms with van der Waals surface area (Å²) in [5.41, 5.74) is 1.82. The highest BCUT2D eigenvalue weighted by atomic mass is 32.1. The van der Waals surface area contributed by atoms with Crippen molar-refractivity contribution < 1.29 is 9.53 Å². The topological polar surface area (TPSA) is 38.7 Å². The molecule has 4 heteroatoms. The van der Waals surface area contributed by atoms with E-state index < -0.39 is 5.97 Å². The van der Waals surface area contributed by atoms with E-state index in [0.29, 0.717) is 0 Å². The maximum Gasteiger partial charge on any atom is 0.330 e. The van der Waals surface area contributed by atoms with Gasteiger partial charge in [-0.05, 0) is 42.7 Å². The largest absolute Gasteiger partial charge is 0.458 e. The number of rotatable bonds is 10.